The van der Waals surface area contributed by atoms with E-state index in [-0.39, 0.29) is 5.91 Å². The number of anilines is 1. The summed E-state index contributed by atoms with van der Waals surface area (Å²) in [5.41, 5.74) is 6.87. The normalized spacial score (nSPS) is 10.7. The fourth-order valence-electron chi connectivity index (χ4n) is 2.18. The van der Waals surface area contributed by atoms with Crippen molar-refractivity contribution in [3.63, 3.8) is 0 Å². The third-order valence-electron chi connectivity index (χ3n) is 3.20. The van der Waals surface area contributed by atoms with Gasteiger partial charge in [-0.1, -0.05) is 13.8 Å². The van der Waals surface area contributed by atoms with Crippen LogP contribution in [0.3, 0.4) is 0 Å². The summed E-state index contributed by atoms with van der Waals surface area (Å²) in [5, 5.41) is 2.93. The first kappa shape index (κ1) is 17.3. The number of benzene rings is 1. The van der Waals surface area contributed by atoms with E-state index in [4.69, 9.17) is 10.5 Å². The summed E-state index contributed by atoms with van der Waals surface area (Å²) in [6, 6.07) is 5.11. The monoisotopic (exact) mass is 293 g/mol. The molecular weight excluding hydrogens is 266 g/mol. The van der Waals surface area contributed by atoms with Gasteiger partial charge in [-0.05, 0) is 38.6 Å². The molecule has 0 spiro atoms. The molecule has 0 heterocycles. The van der Waals surface area contributed by atoms with E-state index >= 15 is 0 Å². The predicted molar refractivity (Wildman–Crippen MR) is 86.8 cm³/mol. The molecule has 1 aromatic rings. The Balaban J connectivity index is 2.55. The van der Waals surface area contributed by atoms with Gasteiger partial charge in [0.05, 0.1) is 6.61 Å². The zero-order valence-corrected chi connectivity index (χ0v) is 13.3. The molecule has 5 heteroatoms. The molecule has 0 radical (unpaired) electrons. The highest BCUT2D eigenvalue weighted by Crippen LogP contribution is 2.18. The Labute approximate surface area is 127 Å². The maximum absolute atomic E-state index is 12.1. The van der Waals surface area contributed by atoms with Crippen LogP contribution >= 0.6 is 0 Å². The molecular formula is C16H27N3O2. The minimum Gasteiger partial charge on any atom is -0.494 e. The van der Waals surface area contributed by atoms with Gasteiger partial charge in [0.2, 0.25) is 0 Å². The Hall–Kier alpha value is -1.75. The van der Waals surface area contributed by atoms with Crippen LogP contribution in [-0.4, -0.2) is 43.6 Å². The van der Waals surface area contributed by atoms with E-state index < -0.39 is 0 Å². The van der Waals surface area contributed by atoms with Crippen LogP contribution in [0, 0.1) is 0 Å². The van der Waals surface area contributed by atoms with E-state index in [0.717, 1.165) is 26.1 Å². The lowest BCUT2D eigenvalue weighted by atomic mass is 10.1. The highest BCUT2D eigenvalue weighted by atomic mass is 16.5. The Morgan fingerprint density at radius 1 is 1.24 bits per heavy atom. The van der Waals surface area contributed by atoms with Gasteiger partial charge in [-0.25, -0.2) is 0 Å². The standard InChI is InChI=1S/C16H27N3O2/c1-4-8-19(5-2)9-7-18-16(20)13-10-14(17)12-15(11-13)21-6-3/h10-12H,4-9,17H2,1-3H3,(H,18,20). The molecule has 0 fully saturated rings. The average Bonchev–Trinajstić information content (AvgIpc) is 2.46. The van der Waals surface area contributed by atoms with Crippen molar-refractivity contribution in [2.75, 3.05) is 38.5 Å². The van der Waals surface area contributed by atoms with E-state index in [1.54, 1.807) is 18.2 Å². The Morgan fingerprint density at radius 3 is 2.62 bits per heavy atom. The molecule has 5 nitrogen and oxygen atoms in total. The maximum Gasteiger partial charge on any atom is 0.251 e. The first-order valence-electron chi connectivity index (χ1n) is 7.64. The Morgan fingerprint density at radius 2 is 2.00 bits per heavy atom. The van der Waals surface area contributed by atoms with Crippen molar-refractivity contribution in [3.05, 3.63) is 23.8 Å². The lowest BCUT2D eigenvalue weighted by molar-refractivity contribution is 0.0948. The second-order valence-electron chi connectivity index (χ2n) is 4.91. The number of ether oxygens (including phenoxy) is 1. The third-order valence-corrected chi connectivity index (χ3v) is 3.20. The zero-order chi connectivity index (χ0) is 15.7. The van der Waals surface area contributed by atoms with Crippen LogP contribution in [0.5, 0.6) is 5.75 Å². The molecule has 0 aromatic heterocycles. The zero-order valence-electron chi connectivity index (χ0n) is 13.3. The summed E-state index contributed by atoms with van der Waals surface area (Å²) >= 11 is 0. The van der Waals surface area contributed by atoms with Crippen molar-refractivity contribution in [2.45, 2.75) is 27.2 Å². The van der Waals surface area contributed by atoms with E-state index in [0.29, 0.717) is 30.2 Å². The van der Waals surface area contributed by atoms with Crippen LogP contribution in [0.2, 0.25) is 0 Å². The smallest absolute Gasteiger partial charge is 0.251 e. The van der Waals surface area contributed by atoms with Crippen LogP contribution in [0.1, 0.15) is 37.6 Å². The maximum atomic E-state index is 12.1. The summed E-state index contributed by atoms with van der Waals surface area (Å²) in [6.07, 6.45) is 1.12. The van der Waals surface area contributed by atoms with Crippen LogP contribution in [0.25, 0.3) is 0 Å². The highest BCUT2D eigenvalue weighted by Gasteiger charge is 2.09. The van der Waals surface area contributed by atoms with E-state index in [1.165, 1.54) is 0 Å². The molecule has 1 aromatic carbocycles. The third kappa shape index (κ3) is 6.04. The van der Waals surface area contributed by atoms with Gasteiger partial charge in [0, 0.05) is 30.4 Å². The number of nitrogens with one attached hydrogen (secondary N) is 1. The van der Waals surface area contributed by atoms with Gasteiger partial charge >= 0.3 is 0 Å². The molecule has 0 aliphatic heterocycles. The number of carbonyl (C=O) groups is 1. The minimum absolute atomic E-state index is 0.115. The Bertz CT molecular complexity index is 449. The average molecular weight is 293 g/mol. The topological polar surface area (TPSA) is 67.6 Å². The van der Waals surface area contributed by atoms with E-state index in [9.17, 15) is 4.79 Å². The van der Waals surface area contributed by atoms with Crippen molar-refractivity contribution < 1.29 is 9.53 Å². The number of nitrogens with two attached hydrogens (primary N) is 1. The summed E-state index contributed by atoms with van der Waals surface area (Å²) in [6.45, 7) is 10.3. The van der Waals surface area contributed by atoms with Crippen molar-refractivity contribution in [2.24, 2.45) is 0 Å². The molecule has 118 valence electrons. The number of hydrogen-bond acceptors (Lipinski definition) is 4. The largest absolute Gasteiger partial charge is 0.494 e. The number of likely N-dealkylation sites (N-methyl/N-ethyl adjacent to an activating group) is 1. The number of nitrogen functional groups attached to an aromatic ring is 1. The Kier molecular flexibility index (Phi) is 7.61. The summed E-state index contributed by atoms with van der Waals surface area (Å²) in [7, 11) is 0. The molecule has 0 unspecified atom stereocenters. The van der Waals surface area contributed by atoms with Crippen LogP contribution < -0.4 is 15.8 Å². The molecule has 0 aliphatic carbocycles. The van der Waals surface area contributed by atoms with E-state index in [2.05, 4.69) is 24.1 Å². The van der Waals surface area contributed by atoms with Gasteiger partial charge in [0.15, 0.2) is 0 Å². The predicted octanol–water partition coefficient (Wildman–Crippen LogP) is 2.13. The van der Waals surface area contributed by atoms with Gasteiger partial charge in [-0.3, -0.25) is 4.79 Å². The van der Waals surface area contributed by atoms with Crippen molar-refractivity contribution in [1.29, 1.82) is 0 Å². The van der Waals surface area contributed by atoms with Gasteiger partial charge < -0.3 is 20.7 Å². The van der Waals surface area contributed by atoms with Gasteiger partial charge in [-0.2, -0.15) is 0 Å². The first-order valence-corrected chi connectivity index (χ1v) is 7.64. The van der Waals surface area contributed by atoms with Crippen LogP contribution in [-0.2, 0) is 0 Å². The summed E-state index contributed by atoms with van der Waals surface area (Å²) in [4.78, 5) is 14.5. The van der Waals surface area contributed by atoms with Crippen LogP contribution in [0.4, 0.5) is 5.69 Å². The molecule has 0 aliphatic rings. The number of hydrogen-bond donors (Lipinski definition) is 2. The van der Waals surface area contributed by atoms with Gasteiger partial charge in [0.1, 0.15) is 5.75 Å². The lowest BCUT2D eigenvalue weighted by Crippen LogP contribution is -2.35. The molecule has 3 N–H and O–H groups in total. The summed E-state index contributed by atoms with van der Waals surface area (Å²) < 4.78 is 5.40. The molecule has 0 bridgehead atoms. The van der Waals surface area contributed by atoms with Gasteiger partial charge in [-0.15, -0.1) is 0 Å². The fourth-order valence-corrected chi connectivity index (χ4v) is 2.18. The molecule has 0 saturated heterocycles. The van der Waals surface area contributed by atoms with Gasteiger partial charge in [0.25, 0.3) is 5.91 Å². The van der Waals surface area contributed by atoms with Crippen molar-refractivity contribution in [3.8, 4) is 5.75 Å². The second kappa shape index (κ2) is 9.23. The fraction of sp³-hybridized carbons (Fsp3) is 0.562. The SMILES string of the molecule is CCCN(CC)CCNC(=O)c1cc(N)cc(OCC)c1. The first-order chi connectivity index (χ1) is 10.1. The van der Waals surface area contributed by atoms with Crippen molar-refractivity contribution >= 4 is 11.6 Å². The number of nitrogens with zero attached hydrogens (tertiary/aromatic N) is 1. The van der Waals surface area contributed by atoms with Crippen LogP contribution in [0.15, 0.2) is 18.2 Å². The summed E-state index contributed by atoms with van der Waals surface area (Å²) in [5.74, 6) is 0.514. The molecule has 0 atom stereocenters. The number of rotatable bonds is 9. The molecule has 0 saturated carbocycles. The molecule has 1 amide bonds. The second-order valence-corrected chi connectivity index (χ2v) is 4.91. The lowest BCUT2D eigenvalue weighted by Gasteiger charge is -2.19. The highest BCUT2D eigenvalue weighted by molar-refractivity contribution is 5.95. The number of amides is 1. The van der Waals surface area contributed by atoms with E-state index in [1.807, 2.05) is 6.92 Å². The quantitative estimate of drug-likeness (QED) is 0.684. The minimum atomic E-state index is -0.115. The van der Waals surface area contributed by atoms with Crippen molar-refractivity contribution in [1.82, 2.24) is 10.2 Å². The molecule has 21 heavy (non-hydrogen) atoms. The molecule has 1 rings (SSSR count). The number of carbonyl (C=O) groups excluding carboxylic acids is 1.